The van der Waals surface area contributed by atoms with Gasteiger partial charge >= 0.3 is 0 Å². The van der Waals surface area contributed by atoms with E-state index in [1.54, 1.807) is 29.3 Å². The first kappa shape index (κ1) is 15.9. The Labute approximate surface area is 139 Å². The van der Waals surface area contributed by atoms with Gasteiger partial charge in [-0.25, -0.2) is 4.98 Å². The highest BCUT2D eigenvalue weighted by Gasteiger charge is 2.16. The van der Waals surface area contributed by atoms with Crippen molar-refractivity contribution in [3.05, 3.63) is 59.9 Å². The van der Waals surface area contributed by atoms with E-state index in [1.807, 2.05) is 24.3 Å². The Morgan fingerprint density at radius 3 is 2.79 bits per heavy atom. The van der Waals surface area contributed by atoms with E-state index in [0.29, 0.717) is 23.7 Å². The van der Waals surface area contributed by atoms with Crippen molar-refractivity contribution >= 4 is 28.3 Å². The monoisotopic (exact) mass is 322 g/mol. The van der Waals surface area contributed by atoms with E-state index >= 15 is 0 Å². The van der Waals surface area contributed by atoms with Crippen molar-refractivity contribution in [2.75, 3.05) is 10.6 Å². The molecule has 0 bridgehead atoms. The van der Waals surface area contributed by atoms with E-state index < -0.39 is 0 Å². The highest BCUT2D eigenvalue weighted by atomic mass is 16.3. The lowest BCUT2D eigenvalue weighted by molar-refractivity contribution is -0.116. The molecule has 0 unspecified atom stereocenters. The van der Waals surface area contributed by atoms with Gasteiger partial charge in [0.25, 0.3) is 0 Å². The van der Waals surface area contributed by atoms with Gasteiger partial charge in [0.15, 0.2) is 0 Å². The number of carbonyl (C=O) groups excluding carboxylic acids is 1. The largest absolute Gasteiger partial charge is 0.390 e. The highest BCUT2D eigenvalue weighted by molar-refractivity contribution is 5.92. The first-order chi connectivity index (χ1) is 11.6. The predicted molar refractivity (Wildman–Crippen MR) is 93.2 cm³/mol. The average molecular weight is 322 g/mol. The molecule has 0 aliphatic rings. The van der Waals surface area contributed by atoms with Crippen molar-refractivity contribution in [2.24, 2.45) is 0 Å². The fourth-order valence-corrected chi connectivity index (χ4v) is 2.62. The molecule has 6 heteroatoms. The number of fused-ring (bicyclic) bond motifs is 1. The summed E-state index contributed by atoms with van der Waals surface area (Å²) in [5.41, 5.74) is 8.52. The Kier molecular flexibility index (Phi) is 4.39. The molecule has 2 heterocycles. The molecule has 0 spiro atoms. The Balaban J connectivity index is 1.98. The maximum absolute atomic E-state index is 12.1. The molecular formula is C18H18N4O2. The topological polar surface area (TPSA) is 92.3 Å². The fourth-order valence-electron chi connectivity index (χ4n) is 2.62. The second-order valence-corrected chi connectivity index (χ2v) is 5.50. The summed E-state index contributed by atoms with van der Waals surface area (Å²) >= 11 is 0. The number of aromatic nitrogens is 2. The first-order valence-electron chi connectivity index (χ1n) is 7.56. The number of hydrogen-bond acceptors (Lipinski definition) is 5. The molecule has 1 amide bonds. The second kappa shape index (κ2) is 6.64. The summed E-state index contributed by atoms with van der Waals surface area (Å²) in [6, 6.07) is 13.0. The minimum Gasteiger partial charge on any atom is -0.390 e. The van der Waals surface area contributed by atoms with Gasteiger partial charge in [0, 0.05) is 18.5 Å². The normalized spacial score (nSPS) is 10.8. The molecule has 1 aromatic carbocycles. The van der Waals surface area contributed by atoms with Gasteiger partial charge in [0.1, 0.15) is 5.82 Å². The van der Waals surface area contributed by atoms with Crippen molar-refractivity contribution in [1.29, 1.82) is 0 Å². The number of benzene rings is 1. The van der Waals surface area contributed by atoms with Crippen LogP contribution in [0.3, 0.4) is 0 Å². The Morgan fingerprint density at radius 1 is 1.25 bits per heavy atom. The summed E-state index contributed by atoms with van der Waals surface area (Å²) in [6.45, 7) is 1.63. The van der Waals surface area contributed by atoms with Gasteiger partial charge in [-0.3, -0.25) is 9.78 Å². The van der Waals surface area contributed by atoms with Crippen molar-refractivity contribution in [2.45, 2.75) is 20.1 Å². The Morgan fingerprint density at radius 2 is 2.04 bits per heavy atom. The lowest BCUT2D eigenvalue weighted by Crippen LogP contribution is -2.29. The van der Waals surface area contributed by atoms with Crippen LogP contribution < -0.4 is 10.6 Å². The van der Waals surface area contributed by atoms with E-state index in [1.165, 1.54) is 6.92 Å². The molecule has 122 valence electrons. The Hall–Kier alpha value is -2.99. The molecule has 6 nitrogen and oxygen atoms in total. The van der Waals surface area contributed by atoms with Crippen molar-refractivity contribution in [3.63, 3.8) is 0 Å². The van der Waals surface area contributed by atoms with E-state index in [9.17, 15) is 9.90 Å². The molecular weight excluding hydrogens is 304 g/mol. The summed E-state index contributed by atoms with van der Waals surface area (Å²) in [7, 11) is 0. The number of nitrogens with zero attached hydrogens (tertiary/aromatic N) is 3. The van der Waals surface area contributed by atoms with Gasteiger partial charge in [0.05, 0.1) is 30.0 Å². The molecule has 3 aromatic rings. The van der Waals surface area contributed by atoms with E-state index in [0.717, 1.165) is 16.5 Å². The molecule has 0 fully saturated rings. The molecule has 0 atom stereocenters. The number of hydrogen-bond donors (Lipinski definition) is 2. The van der Waals surface area contributed by atoms with Crippen LogP contribution in [0.4, 0.5) is 11.5 Å². The maximum atomic E-state index is 12.1. The third-order valence-corrected chi connectivity index (χ3v) is 3.81. The number of aliphatic hydroxyl groups excluding tert-OH is 1. The lowest BCUT2D eigenvalue weighted by atomic mass is 10.1. The Bertz CT molecular complexity index is 895. The molecule has 3 N–H and O–H groups in total. The van der Waals surface area contributed by atoms with Gasteiger partial charge in [-0.2, -0.15) is 0 Å². The maximum Gasteiger partial charge on any atom is 0.224 e. The number of pyridine rings is 2. The first-order valence-corrected chi connectivity index (χ1v) is 7.56. The number of rotatable bonds is 4. The summed E-state index contributed by atoms with van der Waals surface area (Å²) in [4.78, 5) is 22.2. The molecule has 3 rings (SSSR count). The molecule has 0 aliphatic heterocycles. The zero-order valence-corrected chi connectivity index (χ0v) is 13.3. The van der Waals surface area contributed by atoms with Crippen LogP contribution in [0.25, 0.3) is 10.9 Å². The van der Waals surface area contributed by atoms with Crippen LogP contribution >= 0.6 is 0 Å². The molecule has 0 aliphatic carbocycles. The van der Waals surface area contributed by atoms with Crippen LogP contribution in [0.2, 0.25) is 0 Å². The minimum absolute atomic E-state index is 0.127. The summed E-state index contributed by atoms with van der Waals surface area (Å²) in [5, 5.41) is 10.4. The number of nitrogen functional groups attached to an aromatic ring is 1. The average Bonchev–Trinajstić information content (AvgIpc) is 2.59. The number of aliphatic hydroxyl groups is 1. The number of amides is 1. The third kappa shape index (κ3) is 3.18. The van der Waals surface area contributed by atoms with Crippen LogP contribution in [0.1, 0.15) is 18.2 Å². The zero-order valence-electron chi connectivity index (χ0n) is 13.3. The number of nitrogens with two attached hydrogens (primary N) is 1. The highest BCUT2D eigenvalue weighted by Crippen LogP contribution is 2.23. The van der Waals surface area contributed by atoms with Gasteiger partial charge in [-0.1, -0.05) is 12.1 Å². The van der Waals surface area contributed by atoms with Crippen molar-refractivity contribution in [3.8, 4) is 0 Å². The van der Waals surface area contributed by atoms with Crippen LogP contribution in [-0.2, 0) is 17.9 Å². The lowest BCUT2D eigenvalue weighted by Gasteiger charge is -2.23. The smallest absolute Gasteiger partial charge is 0.224 e. The van der Waals surface area contributed by atoms with E-state index in [-0.39, 0.29) is 12.5 Å². The molecule has 2 aromatic heterocycles. The quantitative estimate of drug-likeness (QED) is 0.768. The molecule has 0 radical (unpaired) electrons. The minimum atomic E-state index is -0.226. The van der Waals surface area contributed by atoms with Crippen molar-refractivity contribution < 1.29 is 9.90 Å². The van der Waals surface area contributed by atoms with Gasteiger partial charge in [-0.05, 0) is 35.9 Å². The number of anilines is 2. The van der Waals surface area contributed by atoms with E-state index in [4.69, 9.17) is 5.73 Å². The second-order valence-electron chi connectivity index (χ2n) is 5.50. The molecule has 0 saturated heterocycles. The van der Waals surface area contributed by atoms with Crippen LogP contribution in [0, 0.1) is 0 Å². The third-order valence-electron chi connectivity index (χ3n) is 3.81. The fraction of sp³-hybridized carbons (Fsp3) is 0.167. The van der Waals surface area contributed by atoms with Gasteiger partial charge < -0.3 is 15.7 Å². The van der Waals surface area contributed by atoms with Crippen LogP contribution in [0.5, 0.6) is 0 Å². The summed E-state index contributed by atoms with van der Waals surface area (Å²) in [5.74, 6) is 0.330. The zero-order chi connectivity index (χ0) is 17.1. The predicted octanol–water partition coefficient (Wildman–Crippen LogP) is 2.26. The standard InChI is InChI=1S/C18H18N4O2/c1-12(24)22(17-3-2-8-20-16(17)11-23)10-13-4-5-14-6-7-18(19)21-15(14)9-13/h2-9,23H,10-11H2,1H3,(H2,19,21). The van der Waals surface area contributed by atoms with Crippen molar-refractivity contribution in [1.82, 2.24) is 9.97 Å². The van der Waals surface area contributed by atoms with Gasteiger partial charge in [-0.15, -0.1) is 0 Å². The van der Waals surface area contributed by atoms with Crippen LogP contribution in [-0.4, -0.2) is 21.0 Å². The molecule has 24 heavy (non-hydrogen) atoms. The number of carbonyl (C=O) groups is 1. The van der Waals surface area contributed by atoms with E-state index in [2.05, 4.69) is 9.97 Å². The van der Waals surface area contributed by atoms with Gasteiger partial charge in [0.2, 0.25) is 5.91 Å². The summed E-state index contributed by atoms with van der Waals surface area (Å²) in [6.07, 6.45) is 1.59. The SMILES string of the molecule is CC(=O)N(Cc1ccc2ccc(N)nc2c1)c1cccnc1CO. The summed E-state index contributed by atoms with van der Waals surface area (Å²) < 4.78 is 0. The molecule has 0 saturated carbocycles. The van der Waals surface area contributed by atoms with Crippen LogP contribution in [0.15, 0.2) is 48.7 Å².